The van der Waals surface area contributed by atoms with Crippen molar-refractivity contribution in [3.63, 3.8) is 0 Å². The van der Waals surface area contributed by atoms with Crippen LogP contribution in [0.3, 0.4) is 0 Å². The molecule has 10 aromatic rings. The minimum atomic E-state index is 0.250. The van der Waals surface area contributed by atoms with Gasteiger partial charge in [-0.25, -0.2) is 19.9 Å². The van der Waals surface area contributed by atoms with E-state index in [4.69, 9.17) is 49.8 Å². The lowest BCUT2D eigenvalue weighted by Crippen LogP contribution is -1.96. The number of aromatic nitrogens is 7. The third-order valence-corrected chi connectivity index (χ3v) is 15.7. The van der Waals surface area contributed by atoms with Gasteiger partial charge in [0.25, 0.3) is 0 Å². The van der Waals surface area contributed by atoms with Crippen LogP contribution in [0, 0.1) is 60.4 Å². The van der Waals surface area contributed by atoms with E-state index in [1.54, 1.807) is 52.6 Å². The summed E-state index contributed by atoms with van der Waals surface area (Å²) in [5.41, 5.74) is 12.3. The van der Waals surface area contributed by atoms with Gasteiger partial charge < -0.3 is 0 Å². The minimum Gasteiger partial charge on any atom is -0.255 e. The van der Waals surface area contributed by atoms with Crippen LogP contribution < -0.4 is 0 Å². The van der Waals surface area contributed by atoms with Crippen LogP contribution in [0.25, 0.3) is 34.2 Å². The third kappa shape index (κ3) is 31.6. The van der Waals surface area contributed by atoms with Gasteiger partial charge in [-0.3, -0.25) is 15.0 Å². The molecule has 10 rings (SSSR count). The van der Waals surface area contributed by atoms with Crippen LogP contribution in [0.15, 0.2) is 166 Å². The summed E-state index contributed by atoms with van der Waals surface area (Å²) in [7, 11) is 0. The first-order chi connectivity index (χ1) is 43.4. The highest BCUT2D eigenvalue weighted by Gasteiger charge is 2.10. The lowest BCUT2D eigenvalue weighted by molar-refractivity contribution is -0.193. The first kappa shape index (κ1) is 77.6. The number of rotatable bonds is 7. The van der Waals surface area contributed by atoms with Crippen LogP contribution in [-0.4, -0.2) is 59.5 Å². The summed E-state index contributed by atoms with van der Waals surface area (Å²) >= 11 is 17.3. The second-order valence-electron chi connectivity index (χ2n) is 17.2. The van der Waals surface area contributed by atoms with E-state index in [0.717, 1.165) is 99.4 Å². The Kier molecular flexibility index (Phi) is 39.4. The quantitative estimate of drug-likeness (QED) is 0.0821. The smallest absolute Gasteiger partial charge is 0.255 e. The summed E-state index contributed by atoms with van der Waals surface area (Å²) < 4.78 is 3.78. The van der Waals surface area contributed by atoms with Crippen molar-refractivity contribution >= 4 is 129 Å². The number of terminal acetylenes is 1. The summed E-state index contributed by atoms with van der Waals surface area (Å²) in [6.07, 6.45) is 19.1. The maximum Gasteiger partial charge on any atom is 0.373 e. The van der Waals surface area contributed by atoms with Gasteiger partial charge in [0.05, 0.1) is 48.8 Å². The molecule has 0 aliphatic heterocycles. The van der Waals surface area contributed by atoms with Crippen LogP contribution in [0.4, 0.5) is 0 Å². The third-order valence-electron chi connectivity index (χ3n) is 11.0. The number of hydrogen-bond acceptors (Lipinski definition) is 18. The molecule has 10 heterocycles. The van der Waals surface area contributed by atoms with Crippen LogP contribution in [0.1, 0.15) is 90.3 Å². The molecule has 0 N–H and O–H groups in total. The highest BCUT2D eigenvalue weighted by Crippen LogP contribution is 2.26. The molecule has 0 fully saturated rings. The van der Waals surface area contributed by atoms with Crippen molar-refractivity contribution in [3.8, 4) is 70.2 Å². The van der Waals surface area contributed by atoms with Gasteiger partial charge in [-0.1, -0.05) is 57.3 Å². The average molecular weight is 1560 g/mol. The number of nitrogens with zero attached hydrogens (tertiary/aromatic N) is 7. The van der Waals surface area contributed by atoms with Crippen molar-refractivity contribution in [1.82, 2.24) is 34.9 Å². The van der Waals surface area contributed by atoms with E-state index in [9.17, 15) is 0 Å². The van der Waals surface area contributed by atoms with Crippen molar-refractivity contribution in [2.45, 2.75) is 74.1 Å². The van der Waals surface area contributed by atoms with Crippen molar-refractivity contribution < 1.29 is 38.4 Å². The summed E-state index contributed by atoms with van der Waals surface area (Å²) in [5.74, 6) is 15.3. The summed E-state index contributed by atoms with van der Waals surface area (Å²) in [6.45, 7) is 14.8. The largest absolute Gasteiger partial charge is 0.373 e. The standard InChI is InChI=1S/C26H23N3S.C14H15BrN2.C12H8BrNS.C7H6S.C5H3BrIN.4CO2/c1-4-19-10-12-27-23(14-19)25-15-20(5-2)16-26(29-25)24-17-21(11-13-28-24)7-9-22-8-6-18(3)30-22;1-3-10-5-6-16-12(7-10)13-8-11(4-2)9-14(15)17-13;1-9-2-4-11(15-9)5-3-10-6-7-14-12(13)8-10;1-3-7-5-4-6(2)8-7;6-5-3-4(7)1-2-8-5;4*2-1-3/h6,8,10-17H,4-5H2,1-3H3;5-9H,3-4H2,1-2H3;2,4,6-8H,1H3;1,4-5H,2H3;1-3H;;;;. The van der Waals surface area contributed by atoms with Gasteiger partial charge in [0, 0.05) is 60.3 Å². The molecule has 0 aliphatic carbocycles. The van der Waals surface area contributed by atoms with Crippen molar-refractivity contribution in [2.75, 3.05) is 0 Å². The van der Waals surface area contributed by atoms with Gasteiger partial charge in [-0.2, -0.15) is 38.4 Å². The molecule has 0 unspecified atom stereocenters. The highest BCUT2D eigenvalue weighted by atomic mass is 127. The zero-order valence-corrected chi connectivity index (χ0v) is 58.8. The van der Waals surface area contributed by atoms with Crippen molar-refractivity contribution in [2.24, 2.45) is 0 Å². The van der Waals surface area contributed by atoms with Gasteiger partial charge in [-0.05, 0) is 260 Å². The van der Waals surface area contributed by atoms with E-state index in [1.165, 1.54) is 40.5 Å². The van der Waals surface area contributed by atoms with Crippen LogP contribution in [0.5, 0.6) is 0 Å². The van der Waals surface area contributed by atoms with E-state index < -0.39 is 0 Å². The Morgan fingerprint density at radius 3 is 1.08 bits per heavy atom. The molecule has 10 aromatic heterocycles. The molecule has 0 saturated heterocycles. The van der Waals surface area contributed by atoms with E-state index in [-0.39, 0.29) is 24.6 Å². The number of halogens is 4. The number of pyridine rings is 7. The van der Waals surface area contributed by atoms with Gasteiger partial charge in [0.2, 0.25) is 0 Å². The normalized spacial score (nSPS) is 9.00. The Balaban J connectivity index is 0.000000393. The number of aryl methyl sites for hydroxylation is 7. The molecular weight excluding hydrogens is 1510 g/mol. The van der Waals surface area contributed by atoms with E-state index in [0.29, 0.717) is 0 Å². The molecule has 0 radical (unpaired) electrons. The fraction of sp³-hybridized carbons (Fsp3) is 0.162. The first-order valence-electron chi connectivity index (χ1n) is 26.5. The predicted molar refractivity (Wildman–Crippen MR) is 367 cm³/mol. The van der Waals surface area contributed by atoms with E-state index >= 15 is 0 Å². The molecule has 0 aliphatic rings. The predicted octanol–water partition coefficient (Wildman–Crippen LogP) is 15.9. The summed E-state index contributed by atoms with van der Waals surface area (Å²) in [6, 6.07) is 40.6. The second-order valence-corrected chi connectivity index (χ2v) is 24.8. The topological polar surface area (TPSA) is 227 Å². The molecule has 90 heavy (non-hydrogen) atoms. The SMILES string of the molecule is Brc1cc(I)ccn1.C#Cc1ccc(C)s1.CCc1ccnc(-c2cc(CC)cc(-c3cc(C#Cc4ccc(C)s4)ccn3)n2)c1.CCc1ccnc(-c2cc(CC)cc(Br)n2)c1.Cc1ccc(C#Cc2ccnc(Br)c2)s1.O=C=O.O=C=O.O=C=O.O=C=O. The lowest BCUT2D eigenvalue weighted by Gasteiger charge is -2.09. The van der Waals surface area contributed by atoms with Gasteiger partial charge in [-0.15, -0.1) is 40.4 Å². The van der Waals surface area contributed by atoms with Crippen molar-refractivity contribution in [3.05, 3.63) is 232 Å². The molecule has 22 heteroatoms. The zero-order chi connectivity index (χ0) is 66.6. The Bertz CT molecular complexity index is 4130. The van der Waals surface area contributed by atoms with Gasteiger partial charge in [0.1, 0.15) is 13.8 Å². The first-order valence-corrected chi connectivity index (χ1v) is 32.4. The monoisotopic (exact) mass is 1560 g/mol. The maximum atomic E-state index is 8.12. The van der Waals surface area contributed by atoms with Gasteiger partial charge >= 0.3 is 24.6 Å². The summed E-state index contributed by atoms with van der Waals surface area (Å²) in [5, 5.41) is 0. The van der Waals surface area contributed by atoms with Crippen LogP contribution in [0.2, 0.25) is 0 Å². The van der Waals surface area contributed by atoms with Crippen LogP contribution >= 0.6 is 104 Å². The molecule has 0 saturated carbocycles. The molecule has 0 spiro atoms. The molecule has 456 valence electrons. The fourth-order valence-corrected chi connectivity index (χ4v) is 11.1. The molecule has 0 atom stereocenters. The maximum absolute atomic E-state index is 8.12. The second kappa shape index (κ2) is 45.7. The Hall–Kier alpha value is -8.48. The molecular formula is C68H55Br3IN7O8S3. The van der Waals surface area contributed by atoms with Crippen LogP contribution in [-0.2, 0) is 64.0 Å². The number of hydrogen-bond donors (Lipinski definition) is 0. The zero-order valence-electron chi connectivity index (χ0n) is 49.5. The minimum absolute atomic E-state index is 0.250. The Labute approximate surface area is 573 Å². The average Bonchev–Trinajstić information content (AvgIpc) is 3.16. The molecule has 15 nitrogen and oxygen atoms in total. The van der Waals surface area contributed by atoms with E-state index in [2.05, 4.69) is 220 Å². The van der Waals surface area contributed by atoms with Gasteiger partial charge in [0.15, 0.2) is 0 Å². The number of thiophene rings is 3. The fourth-order valence-electron chi connectivity index (χ4n) is 6.90. The molecule has 0 aromatic carbocycles. The molecule has 0 amide bonds. The van der Waals surface area contributed by atoms with E-state index in [1.807, 2.05) is 92.1 Å². The Morgan fingerprint density at radius 1 is 0.378 bits per heavy atom. The number of carbonyl (C=O) groups excluding carboxylic acids is 8. The summed E-state index contributed by atoms with van der Waals surface area (Å²) in [4.78, 5) is 103. The Morgan fingerprint density at radius 2 is 0.722 bits per heavy atom. The molecule has 0 bridgehead atoms. The lowest BCUT2D eigenvalue weighted by atomic mass is 10.1. The highest BCUT2D eigenvalue weighted by molar-refractivity contribution is 14.1. The van der Waals surface area contributed by atoms with Crippen molar-refractivity contribution in [1.29, 1.82) is 0 Å².